The van der Waals surface area contributed by atoms with Gasteiger partial charge in [0.25, 0.3) is 0 Å². The number of carbonyl (C=O) groups excluding carboxylic acids is 1. The highest BCUT2D eigenvalue weighted by molar-refractivity contribution is 7.11. The maximum atomic E-state index is 11.5. The largest absolute Gasteiger partial charge is 0.465 e. The molecule has 5 nitrogen and oxygen atoms in total. The summed E-state index contributed by atoms with van der Waals surface area (Å²) in [4.78, 5) is 11.5. The molecule has 0 bridgehead atoms. The molecule has 0 aliphatic carbocycles. The Bertz CT molecular complexity index is 382. The van der Waals surface area contributed by atoms with E-state index in [0.717, 1.165) is 6.54 Å². The summed E-state index contributed by atoms with van der Waals surface area (Å²) < 4.78 is 8.60. The standard InChI is InChI=1S/C10H17N3O2S/c1-10(2,3)5-12-8-6(9(14)15-4)7(11)13-16-8/h12H,5H2,1-4H3,(H2,11,13). The van der Waals surface area contributed by atoms with Crippen molar-refractivity contribution in [3.8, 4) is 0 Å². The summed E-state index contributed by atoms with van der Waals surface area (Å²) in [6.07, 6.45) is 0. The monoisotopic (exact) mass is 243 g/mol. The van der Waals surface area contributed by atoms with E-state index < -0.39 is 5.97 Å². The van der Waals surface area contributed by atoms with Crippen LogP contribution in [0.25, 0.3) is 0 Å². The Morgan fingerprint density at radius 1 is 1.56 bits per heavy atom. The summed E-state index contributed by atoms with van der Waals surface area (Å²) in [5, 5.41) is 3.83. The summed E-state index contributed by atoms with van der Waals surface area (Å²) >= 11 is 1.17. The quantitative estimate of drug-likeness (QED) is 0.794. The topological polar surface area (TPSA) is 77.2 Å². The van der Waals surface area contributed by atoms with Crippen molar-refractivity contribution in [1.29, 1.82) is 0 Å². The molecule has 6 heteroatoms. The third kappa shape index (κ3) is 3.10. The lowest BCUT2D eigenvalue weighted by Gasteiger charge is -2.18. The molecule has 0 unspecified atom stereocenters. The first-order chi connectivity index (χ1) is 7.35. The number of nitrogens with two attached hydrogens (primary N) is 1. The highest BCUT2D eigenvalue weighted by atomic mass is 32.1. The van der Waals surface area contributed by atoms with Gasteiger partial charge >= 0.3 is 5.97 Å². The van der Waals surface area contributed by atoms with Gasteiger partial charge in [-0.2, -0.15) is 4.37 Å². The van der Waals surface area contributed by atoms with E-state index in [-0.39, 0.29) is 11.2 Å². The van der Waals surface area contributed by atoms with Gasteiger partial charge in [0, 0.05) is 6.54 Å². The Kier molecular flexibility index (Phi) is 3.74. The molecule has 0 aromatic carbocycles. The third-order valence-corrected chi connectivity index (χ3v) is 2.71. The van der Waals surface area contributed by atoms with Gasteiger partial charge in [0.15, 0.2) is 5.82 Å². The molecule has 3 N–H and O–H groups in total. The summed E-state index contributed by atoms with van der Waals surface area (Å²) in [6, 6.07) is 0. The number of aromatic nitrogens is 1. The van der Waals surface area contributed by atoms with Crippen LogP contribution in [-0.4, -0.2) is 24.0 Å². The van der Waals surface area contributed by atoms with Crippen molar-refractivity contribution in [2.75, 3.05) is 24.7 Å². The van der Waals surface area contributed by atoms with Crippen molar-refractivity contribution in [2.24, 2.45) is 5.41 Å². The molecule has 1 aromatic rings. The molecular formula is C10H17N3O2S. The smallest absolute Gasteiger partial charge is 0.344 e. The number of esters is 1. The zero-order chi connectivity index (χ0) is 12.3. The minimum atomic E-state index is -0.456. The summed E-state index contributed by atoms with van der Waals surface area (Å²) in [5.74, 6) is -0.240. The molecule has 0 aliphatic rings. The Balaban J connectivity index is 2.85. The summed E-state index contributed by atoms with van der Waals surface area (Å²) in [5.41, 5.74) is 6.06. The van der Waals surface area contributed by atoms with Gasteiger partial charge in [-0.3, -0.25) is 0 Å². The molecule has 16 heavy (non-hydrogen) atoms. The first-order valence-electron chi connectivity index (χ1n) is 4.92. The Morgan fingerprint density at radius 2 is 2.19 bits per heavy atom. The summed E-state index contributed by atoms with van der Waals surface area (Å²) in [7, 11) is 1.33. The van der Waals surface area contributed by atoms with Crippen molar-refractivity contribution >= 4 is 28.3 Å². The maximum absolute atomic E-state index is 11.5. The molecule has 90 valence electrons. The number of carbonyl (C=O) groups is 1. The van der Waals surface area contributed by atoms with Crippen LogP contribution in [0.5, 0.6) is 0 Å². The number of hydrogen-bond donors (Lipinski definition) is 2. The molecule has 0 fully saturated rings. The van der Waals surface area contributed by atoms with Gasteiger partial charge in [-0.05, 0) is 16.9 Å². The SMILES string of the molecule is COC(=O)c1c(N)nsc1NCC(C)(C)C. The second-order valence-corrected chi connectivity index (χ2v) is 5.45. The number of anilines is 2. The predicted molar refractivity (Wildman–Crippen MR) is 65.8 cm³/mol. The molecule has 0 amide bonds. The summed E-state index contributed by atoms with van der Waals surface area (Å²) in [6.45, 7) is 7.03. The average molecular weight is 243 g/mol. The lowest BCUT2D eigenvalue weighted by molar-refractivity contribution is 0.0603. The normalized spacial score (nSPS) is 11.2. The number of nitrogens with zero attached hydrogens (tertiary/aromatic N) is 1. The van der Waals surface area contributed by atoms with Crippen LogP contribution in [0.2, 0.25) is 0 Å². The molecular weight excluding hydrogens is 226 g/mol. The van der Waals surface area contributed by atoms with Crippen LogP contribution in [0.4, 0.5) is 10.8 Å². The minimum Gasteiger partial charge on any atom is -0.465 e. The second-order valence-electron chi connectivity index (χ2n) is 4.68. The number of rotatable bonds is 3. The Hall–Kier alpha value is -1.30. The van der Waals surface area contributed by atoms with Crippen LogP contribution in [0.1, 0.15) is 31.1 Å². The van der Waals surface area contributed by atoms with Crippen LogP contribution in [0.15, 0.2) is 0 Å². The zero-order valence-electron chi connectivity index (χ0n) is 9.96. The molecule has 0 radical (unpaired) electrons. The van der Waals surface area contributed by atoms with E-state index in [1.54, 1.807) is 0 Å². The van der Waals surface area contributed by atoms with Crippen LogP contribution < -0.4 is 11.1 Å². The second kappa shape index (κ2) is 4.69. The van der Waals surface area contributed by atoms with Gasteiger partial charge in [-0.15, -0.1) is 0 Å². The zero-order valence-corrected chi connectivity index (χ0v) is 10.8. The fourth-order valence-electron chi connectivity index (χ4n) is 1.07. The molecule has 1 aromatic heterocycles. The number of ether oxygens (including phenoxy) is 1. The van der Waals surface area contributed by atoms with Gasteiger partial charge < -0.3 is 15.8 Å². The molecule has 0 saturated carbocycles. The highest BCUT2D eigenvalue weighted by Gasteiger charge is 2.21. The van der Waals surface area contributed by atoms with Crippen molar-refractivity contribution in [3.05, 3.63) is 5.56 Å². The highest BCUT2D eigenvalue weighted by Crippen LogP contribution is 2.28. The van der Waals surface area contributed by atoms with Gasteiger partial charge in [0.05, 0.1) is 7.11 Å². The van der Waals surface area contributed by atoms with Crippen LogP contribution >= 0.6 is 11.5 Å². The van der Waals surface area contributed by atoms with Gasteiger partial charge in [0.1, 0.15) is 10.6 Å². The number of hydrogen-bond acceptors (Lipinski definition) is 6. The number of nitrogen functional groups attached to an aromatic ring is 1. The fraction of sp³-hybridized carbons (Fsp3) is 0.600. The van der Waals surface area contributed by atoms with Gasteiger partial charge in [-0.25, -0.2) is 4.79 Å². The molecule has 1 rings (SSSR count). The van der Waals surface area contributed by atoms with E-state index in [4.69, 9.17) is 5.73 Å². The van der Waals surface area contributed by atoms with Crippen LogP contribution in [0.3, 0.4) is 0 Å². The molecule has 0 saturated heterocycles. The van der Waals surface area contributed by atoms with E-state index in [2.05, 4.69) is 35.2 Å². The maximum Gasteiger partial charge on any atom is 0.344 e. The number of nitrogens with one attached hydrogen (secondary N) is 1. The first-order valence-corrected chi connectivity index (χ1v) is 5.70. The molecule has 0 spiro atoms. The minimum absolute atomic E-state index is 0.117. The molecule has 1 heterocycles. The van der Waals surface area contributed by atoms with E-state index in [9.17, 15) is 4.79 Å². The Morgan fingerprint density at radius 3 is 2.69 bits per heavy atom. The van der Waals surface area contributed by atoms with E-state index in [0.29, 0.717) is 10.6 Å². The Labute approximate surface area is 99.2 Å². The average Bonchev–Trinajstić information content (AvgIpc) is 2.54. The fourth-order valence-corrected chi connectivity index (χ4v) is 1.76. The van der Waals surface area contributed by atoms with Crippen molar-refractivity contribution in [2.45, 2.75) is 20.8 Å². The van der Waals surface area contributed by atoms with E-state index in [1.807, 2.05) is 0 Å². The molecule has 0 atom stereocenters. The lowest BCUT2D eigenvalue weighted by Crippen LogP contribution is -2.19. The van der Waals surface area contributed by atoms with Gasteiger partial charge in [-0.1, -0.05) is 20.8 Å². The van der Waals surface area contributed by atoms with E-state index in [1.165, 1.54) is 18.6 Å². The van der Waals surface area contributed by atoms with Crippen LogP contribution in [0, 0.1) is 5.41 Å². The number of methoxy groups -OCH3 is 1. The molecule has 0 aliphatic heterocycles. The third-order valence-electron chi connectivity index (χ3n) is 1.89. The van der Waals surface area contributed by atoms with Crippen molar-refractivity contribution in [1.82, 2.24) is 4.37 Å². The van der Waals surface area contributed by atoms with E-state index >= 15 is 0 Å². The lowest BCUT2D eigenvalue weighted by atomic mass is 9.97. The first kappa shape index (κ1) is 12.8. The van der Waals surface area contributed by atoms with Gasteiger partial charge in [0.2, 0.25) is 0 Å². The van der Waals surface area contributed by atoms with Crippen LogP contribution in [-0.2, 0) is 4.74 Å². The van der Waals surface area contributed by atoms with Crippen molar-refractivity contribution < 1.29 is 9.53 Å². The predicted octanol–water partition coefficient (Wildman–Crippen LogP) is 1.97. The van der Waals surface area contributed by atoms with Crippen molar-refractivity contribution in [3.63, 3.8) is 0 Å².